The zero-order chi connectivity index (χ0) is 13.9. The average molecular weight is 297 g/mol. The van der Waals surface area contributed by atoms with Crippen molar-refractivity contribution in [2.24, 2.45) is 0 Å². The molecule has 0 spiro atoms. The van der Waals surface area contributed by atoms with E-state index in [-0.39, 0.29) is 27.8 Å². The summed E-state index contributed by atoms with van der Waals surface area (Å²) in [6.07, 6.45) is -0.462. The Morgan fingerprint density at radius 1 is 1.44 bits per heavy atom. The van der Waals surface area contributed by atoms with Crippen LogP contribution in [0.4, 0.5) is 14.5 Å². The van der Waals surface area contributed by atoms with E-state index in [1.807, 2.05) is 0 Å². The van der Waals surface area contributed by atoms with Crippen molar-refractivity contribution in [2.75, 3.05) is 12.3 Å². The molecule has 0 bridgehead atoms. The van der Waals surface area contributed by atoms with Crippen molar-refractivity contribution < 1.29 is 13.6 Å². The molecule has 1 amide bonds. The van der Waals surface area contributed by atoms with Crippen LogP contribution >= 0.6 is 23.2 Å². The predicted molar refractivity (Wildman–Crippen MR) is 68.4 cm³/mol. The minimum atomic E-state index is -2.84. The van der Waals surface area contributed by atoms with Gasteiger partial charge in [-0.1, -0.05) is 23.2 Å². The number of alkyl halides is 2. The number of nitrogens with one attached hydrogen (secondary N) is 1. The molecule has 18 heavy (non-hydrogen) atoms. The molecular weight excluding hydrogens is 285 g/mol. The van der Waals surface area contributed by atoms with E-state index in [1.54, 1.807) is 0 Å². The van der Waals surface area contributed by atoms with Crippen molar-refractivity contribution in [3.63, 3.8) is 0 Å². The van der Waals surface area contributed by atoms with Gasteiger partial charge < -0.3 is 11.1 Å². The first-order valence-corrected chi connectivity index (χ1v) is 5.87. The molecule has 3 nitrogen and oxygen atoms in total. The van der Waals surface area contributed by atoms with Gasteiger partial charge in [-0.3, -0.25) is 4.79 Å². The summed E-state index contributed by atoms with van der Waals surface area (Å²) in [7, 11) is 0. The molecule has 100 valence electrons. The molecule has 0 saturated carbocycles. The number of hydrogen-bond acceptors (Lipinski definition) is 2. The molecule has 0 aliphatic heterocycles. The van der Waals surface area contributed by atoms with Gasteiger partial charge in [0, 0.05) is 13.0 Å². The van der Waals surface area contributed by atoms with Crippen LogP contribution in [0.1, 0.15) is 23.7 Å². The van der Waals surface area contributed by atoms with Gasteiger partial charge in [0.15, 0.2) is 0 Å². The van der Waals surface area contributed by atoms with E-state index < -0.39 is 18.3 Å². The Kier molecular flexibility index (Phi) is 4.76. The van der Waals surface area contributed by atoms with E-state index in [4.69, 9.17) is 28.9 Å². The summed E-state index contributed by atoms with van der Waals surface area (Å²) in [5, 5.41) is 2.46. The van der Waals surface area contributed by atoms with Gasteiger partial charge in [-0.15, -0.1) is 0 Å². The van der Waals surface area contributed by atoms with Crippen LogP contribution in [0, 0.1) is 0 Å². The molecule has 0 aliphatic rings. The maximum Gasteiger partial charge on any atom is 0.254 e. The van der Waals surface area contributed by atoms with E-state index in [1.165, 1.54) is 12.1 Å². The van der Waals surface area contributed by atoms with E-state index in [2.05, 4.69) is 5.32 Å². The topological polar surface area (TPSA) is 55.1 Å². The van der Waals surface area contributed by atoms with Crippen molar-refractivity contribution in [3.05, 3.63) is 27.7 Å². The lowest BCUT2D eigenvalue weighted by atomic mass is 10.1. The number of halogens is 4. The van der Waals surface area contributed by atoms with Gasteiger partial charge in [-0.25, -0.2) is 8.78 Å². The van der Waals surface area contributed by atoms with Gasteiger partial charge in [0.25, 0.3) is 5.91 Å². The number of hydrogen-bond donors (Lipinski definition) is 2. The Bertz CT molecular complexity index is 461. The second-order valence-electron chi connectivity index (χ2n) is 3.90. The number of rotatable bonds is 4. The van der Waals surface area contributed by atoms with Crippen LogP contribution in [0.5, 0.6) is 0 Å². The summed E-state index contributed by atoms with van der Waals surface area (Å²) in [6.45, 7) is 0.601. The fourth-order valence-corrected chi connectivity index (χ4v) is 1.80. The number of benzene rings is 1. The van der Waals surface area contributed by atoms with Crippen molar-refractivity contribution in [2.45, 2.75) is 19.3 Å². The molecular formula is C11H12Cl2F2N2O. The van der Waals surface area contributed by atoms with Crippen molar-refractivity contribution in [1.82, 2.24) is 5.32 Å². The SMILES string of the molecule is CC(F)(F)CCNC(=O)c1c(Cl)ccc(N)c1Cl. The Hall–Kier alpha value is -1.07. The number of nitrogens with two attached hydrogens (primary N) is 1. The highest BCUT2D eigenvalue weighted by Crippen LogP contribution is 2.29. The lowest BCUT2D eigenvalue weighted by Gasteiger charge is -2.12. The predicted octanol–water partition coefficient (Wildman–Crippen LogP) is 3.35. The van der Waals surface area contributed by atoms with Crippen LogP contribution in [0.15, 0.2) is 12.1 Å². The van der Waals surface area contributed by atoms with Gasteiger partial charge in [0.2, 0.25) is 5.92 Å². The highest BCUT2D eigenvalue weighted by Gasteiger charge is 2.22. The second-order valence-corrected chi connectivity index (χ2v) is 4.69. The van der Waals surface area contributed by atoms with Gasteiger partial charge in [-0.2, -0.15) is 0 Å². The molecule has 3 N–H and O–H groups in total. The van der Waals surface area contributed by atoms with Crippen LogP contribution in [0.25, 0.3) is 0 Å². The third-order valence-electron chi connectivity index (χ3n) is 2.20. The molecule has 0 aromatic heterocycles. The minimum absolute atomic E-state index is 0.00208. The monoisotopic (exact) mass is 296 g/mol. The van der Waals surface area contributed by atoms with Crippen molar-refractivity contribution in [1.29, 1.82) is 0 Å². The number of carbonyl (C=O) groups is 1. The molecule has 0 heterocycles. The van der Waals surface area contributed by atoms with E-state index in [0.717, 1.165) is 6.92 Å². The van der Waals surface area contributed by atoms with Crippen LogP contribution < -0.4 is 11.1 Å². The quantitative estimate of drug-likeness (QED) is 0.837. The smallest absolute Gasteiger partial charge is 0.254 e. The third-order valence-corrected chi connectivity index (χ3v) is 2.92. The minimum Gasteiger partial charge on any atom is -0.398 e. The number of nitrogen functional groups attached to an aromatic ring is 1. The number of amides is 1. The third kappa shape index (κ3) is 3.99. The molecule has 0 unspecified atom stereocenters. The Morgan fingerprint density at radius 3 is 2.61 bits per heavy atom. The summed E-state index contributed by atoms with van der Waals surface area (Å²) < 4.78 is 25.1. The Labute approximate surface area is 113 Å². The summed E-state index contributed by atoms with van der Waals surface area (Å²) in [6, 6.07) is 2.88. The lowest BCUT2D eigenvalue weighted by Crippen LogP contribution is -2.28. The molecule has 0 atom stereocenters. The summed E-state index contributed by atoms with van der Waals surface area (Å²) in [5.74, 6) is -3.46. The number of carbonyl (C=O) groups excluding carboxylic acids is 1. The molecule has 0 radical (unpaired) electrons. The molecule has 0 saturated heterocycles. The highest BCUT2D eigenvalue weighted by molar-refractivity contribution is 6.41. The first kappa shape index (κ1) is 15.0. The highest BCUT2D eigenvalue weighted by atomic mass is 35.5. The first-order chi connectivity index (χ1) is 8.22. The summed E-state index contributed by atoms with van der Waals surface area (Å²) >= 11 is 11.7. The zero-order valence-corrected chi connectivity index (χ0v) is 11.1. The average Bonchev–Trinajstić information content (AvgIpc) is 2.22. The zero-order valence-electron chi connectivity index (χ0n) is 9.57. The molecule has 7 heteroatoms. The van der Waals surface area contributed by atoms with Crippen LogP contribution in [0.2, 0.25) is 10.0 Å². The van der Waals surface area contributed by atoms with Gasteiger partial charge in [0.05, 0.1) is 21.3 Å². The van der Waals surface area contributed by atoms with Gasteiger partial charge in [-0.05, 0) is 19.1 Å². The summed E-state index contributed by atoms with van der Waals surface area (Å²) in [4.78, 5) is 11.7. The van der Waals surface area contributed by atoms with Crippen LogP contribution in [-0.2, 0) is 0 Å². The normalized spacial score (nSPS) is 11.4. The first-order valence-electron chi connectivity index (χ1n) is 5.12. The van der Waals surface area contributed by atoms with Crippen molar-refractivity contribution >= 4 is 34.8 Å². The molecule has 0 aliphatic carbocycles. The number of anilines is 1. The summed E-state index contributed by atoms with van der Waals surface area (Å²) in [5.41, 5.74) is 5.73. The van der Waals surface area contributed by atoms with Crippen molar-refractivity contribution in [3.8, 4) is 0 Å². The van der Waals surface area contributed by atoms with Crippen LogP contribution in [0.3, 0.4) is 0 Å². The Morgan fingerprint density at radius 2 is 2.06 bits per heavy atom. The lowest BCUT2D eigenvalue weighted by molar-refractivity contribution is 0.0137. The maximum absolute atomic E-state index is 12.6. The van der Waals surface area contributed by atoms with Crippen LogP contribution in [-0.4, -0.2) is 18.4 Å². The molecule has 1 aromatic carbocycles. The van der Waals surface area contributed by atoms with Gasteiger partial charge >= 0.3 is 0 Å². The standard InChI is InChI=1S/C11H12Cl2F2N2O/c1-11(14,15)4-5-17-10(18)8-6(12)2-3-7(16)9(8)13/h2-3H,4-5,16H2,1H3,(H,17,18). The van der Waals surface area contributed by atoms with E-state index in [0.29, 0.717) is 0 Å². The van der Waals surface area contributed by atoms with E-state index in [9.17, 15) is 13.6 Å². The second kappa shape index (κ2) is 5.71. The maximum atomic E-state index is 12.6. The fraction of sp³-hybridized carbons (Fsp3) is 0.364. The molecule has 1 rings (SSSR count). The molecule has 0 fully saturated rings. The van der Waals surface area contributed by atoms with Gasteiger partial charge in [0.1, 0.15) is 0 Å². The fourth-order valence-electron chi connectivity index (χ4n) is 1.26. The Balaban J connectivity index is 2.76. The van der Waals surface area contributed by atoms with E-state index >= 15 is 0 Å². The molecule has 1 aromatic rings. The largest absolute Gasteiger partial charge is 0.398 e.